The van der Waals surface area contributed by atoms with E-state index in [9.17, 15) is 4.79 Å². The molecule has 1 amide bonds. The summed E-state index contributed by atoms with van der Waals surface area (Å²) in [5, 5.41) is 2.88. The topological polar surface area (TPSA) is 81.2 Å². The number of unbranched alkanes of at least 4 members (excludes halogenated alkanes) is 3. The van der Waals surface area contributed by atoms with Gasteiger partial charge >= 0.3 is 0 Å². The predicted octanol–water partition coefficient (Wildman–Crippen LogP) is 3.83. The molecular weight excluding hydrogens is 325 g/mol. The number of hydrogen-bond acceptors (Lipinski definition) is 4. The number of rotatable bonds is 7. The maximum atomic E-state index is 11.8. The average molecular weight is 348 g/mol. The van der Waals surface area contributed by atoms with Crippen molar-refractivity contribution in [3.63, 3.8) is 0 Å². The van der Waals surface area contributed by atoms with Crippen molar-refractivity contribution in [2.75, 3.05) is 11.9 Å². The van der Waals surface area contributed by atoms with E-state index < -0.39 is 0 Å². The van der Waals surface area contributed by atoms with Crippen molar-refractivity contribution in [3.8, 4) is 0 Å². The lowest BCUT2D eigenvalue weighted by Gasteiger charge is -2.04. The van der Waals surface area contributed by atoms with Gasteiger partial charge in [-0.3, -0.25) is 4.79 Å². The van der Waals surface area contributed by atoms with Crippen LogP contribution in [0.1, 0.15) is 38.0 Å². The van der Waals surface area contributed by atoms with E-state index in [4.69, 9.17) is 10.2 Å². The quantitative estimate of drug-likeness (QED) is 0.745. The number of halogens is 2. The molecule has 0 unspecified atom stereocenters. The van der Waals surface area contributed by atoms with Crippen LogP contribution in [0.3, 0.4) is 0 Å². The van der Waals surface area contributed by atoms with Gasteiger partial charge < -0.3 is 15.5 Å². The molecular formula is C15H23Cl2N3O2. The molecule has 0 radical (unpaired) electrons. The van der Waals surface area contributed by atoms with Crippen LogP contribution in [0.15, 0.2) is 22.6 Å². The first kappa shape index (κ1) is 20.7. The summed E-state index contributed by atoms with van der Waals surface area (Å²) in [4.78, 5) is 16.0. The van der Waals surface area contributed by atoms with Crippen LogP contribution in [-0.4, -0.2) is 17.4 Å². The summed E-state index contributed by atoms with van der Waals surface area (Å²) in [6.45, 7) is 2.53. The van der Waals surface area contributed by atoms with Gasteiger partial charge in [-0.25, -0.2) is 4.98 Å². The number of hydrogen-bond donors (Lipinski definition) is 2. The third-order valence-electron chi connectivity index (χ3n) is 3.14. The second kappa shape index (κ2) is 10.4. The second-order valence-corrected chi connectivity index (χ2v) is 4.92. The highest BCUT2D eigenvalue weighted by Gasteiger charge is 2.06. The molecule has 5 nitrogen and oxygen atoms in total. The zero-order valence-corrected chi connectivity index (χ0v) is 14.3. The number of nitrogens with one attached hydrogen (secondary N) is 1. The van der Waals surface area contributed by atoms with Gasteiger partial charge in [0, 0.05) is 25.1 Å². The molecule has 3 N–H and O–H groups in total. The van der Waals surface area contributed by atoms with E-state index in [1.165, 1.54) is 0 Å². The summed E-state index contributed by atoms with van der Waals surface area (Å²) in [6, 6.07) is 5.50. The van der Waals surface area contributed by atoms with E-state index in [2.05, 4.69) is 10.3 Å². The normalized spacial score (nSPS) is 9.91. The lowest BCUT2D eigenvalue weighted by molar-refractivity contribution is -0.116. The number of nitrogens with two attached hydrogens (primary N) is 1. The van der Waals surface area contributed by atoms with Crippen LogP contribution in [0.5, 0.6) is 0 Å². The van der Waals surface area contributed by atoms with Crippen LogP contribution in [0.4, 0.5) is 5.69 Å². The van der Waals surface area contributed by atoms with E-state index in [0.29, 0.717) is 17.9 Å². The molecule has 0 aliphatic heterocycles. The van der Waals surface area contributed by atoms with Gasteiger partial charge in [0.2, 0.25) is 5.91 Å². The molecule has 0 aliphatic rings. The Kier molecular flexibility index (Phi) is 9.81. The predicted molar refractivity (Wildman–Crippen MR) is 94.0 cm³/mol. The highest BCUT2D eigenvalue weighted by atomic mass is 35.5. The van der Waals surface area contributed by atoms with Crippen LogP contribution >= 0.6 is 24.8 Å². The number of fused-ring (bicyclic) bond motifs is 1. The fourth-order valence-corrected chi connectivity index (χ4v) is 2.12. The van der Waals surface area contributed by atoms with Gasteiger partial charge in [0.05, 0.1) is 0 Å². The summed E-state index contributed by atoms with van der Waals surface area (Å²) in [6.07, 6.45) is 4.61. The molecule has 2 rings (SSSR count). The number of carbonyl (C=O) groups is 1. The third kappa shape index (κ3) is 6.22. The number of anilines is 1. The highest BCUT2D eigenvalue weighted by Crippen LogP contribution is 2.20. The van der Waals surface area contributed by atoms with Crippen molar-refractivity contribution in [2.24, 2.45) is 5.73 Å². The molecule has 0 bridgehead atoms. The Hall–Kier alpha value is -1.30. The van der Waals surface area contributed by atoms with Crippen molar-refractivity contribution in [1.82, 2.24) is 4.98 Å². The minimum Gasteiger partial charge on any atom is -0.441 e. The van der Waals surface area contributed by atoms with Gasteiger partial charge in [-0.1, -0.05) is 12.8 Å². The lowest BCUT2D eigenvalue weighted by atomic mass is 10.1. The zero-order chi connectivity index (χ0) is 14.4. The number of oxazole rings is 1. The van der Waals surface area contributed by atoms with Gasteiger partial charge in [-0.15, -0.1) is 24.8 Å². The molecule has 0 fully saturated rings. The summed E-state index contributed by atoms with van der Waals surface area (Å²) in [7, 11) is 0. The van der Waals surface area contributed by atoms with Crippen molar-refractivity contribution >= 4 is 47.5 Å². The fraction of sp³-hybridized carbons (Fsp3) is 0.467. The molecule has 0 atom stereocenters. The Morgan fingerprint density at radius 2 is 1.95 bits per heavy atom. The Bertz CT molecular complexity index is 587. The zero-order valence-electron chi connectivity index (χ0n) is 12.6. The van der Waals surface area contributed by atoms with E-state index in [0.717, 1.165) is 43.4 Å². The number of aryl methyl sites for hydroxylation is 1. The Morgan fingerprint density at radius 1 is 1.23 bits per heavy atom. The minimum atomic E-state index is 0. The largest absolute Gasteiger partial charge is 0.441 e. The molecule has 0 saturated heterocycles. The molecule has 1 aromatic carbocycles. The molecule has 124 valence electrons. The second-order valence-electron chi connectivity index (χ2n) is 4.92. The van der Waals surface area contributed by atoms with Crippen molar-refractivity contribution in [3.05, 3.63) is 24.1 Å². The number of amides is 1. The third-order valence-corrected chi connectivity index (χ3v) is 3.14. The standard InChI is InChI=1S/C15H21N3O2.2ClH/c1-11-17-13-8-7-12(10-14(13)20-11)18-15(19)6-4-2-3-5-9-16;;/h7-8,10H,2-6,9,16H2,1H3,(H,18,19);2*1H. The van der Waals surface area contributed by atoms with Crippen LogP contribution < -0.4 is 11.1 Å². The first-order chi connectivity index (χ1) is 9.69. The van der Waals surface area contributed by atoms with E-state index in [1.807, 2.05) is 18.2 Å². The average Bonchev–Trinajstić information content (AvgIpc) is 2.78. The Labute approximate surface area is 142 Å². The van der Waals surface area contributed by atoms with Gasteiger partial charge in [0.1, 0.15) is 5.52 Å². The van der Waals surface area contributed by atoms with Crippen LogP contribution in [0, 0.1) is 6.92 Å². The fourth-order valence-electron chi connectivity index (χ4n) is 2.12. The van der Waals surface area contributed by atoms with Crippen molar-refractivity contribution < 1.29 is 9.21 Å². The van der Waals surface area contributed by atoms with Gasteiger partial charge in [0.25, 0.3) is 0 Å². The first-order valence-corrected chi connectivity index (χ1v) is 7.06. The van der Waals surface area contributed by atoms with Gasteiger partial charge in [-0.2, -0.15) is 0 Å². The molecule has 0 saturated carbocycles. The molecule has 0 spiro atoms. The number of carbonyl (C=O) groups excluding carboxylic acids is 1. The summed E-state index contributed by atoms with van der Waals surface area (Å²) in [5.41, 5.74) is 7.68. The van der Waals surface area contributed by atoms with Crippen LogP contribution in [0.2, 0.25) is 0 Å². The van der Waals surface area contributed by atoms with Crippen LogP contribution in [-0.2, 0) is 4.79 Å². The Balaban J connectivity index is 0.00000220. The van der Waals surface area contributed by atoms with E-state index in [1.54, 1.807) is 6.92 Å². The minimum absolute atomic E-state index is 0. The summed E-state index contributed by atoms with van der Waals surface area (Å²) in [5.74, 6) is 0.664. The van der Waals surface area contributed by atoms with Crippen LogP contribution in [0.25, 0.3) is 11.1 Å². The Morgan fingerprint density at radius 3 is 2.68 bits per heavy atom. The molecule has 0 aliphatic carbocycles. The van der Waals surface area contributed by atoms with Crippen molar-refractivity contribution in [2.45, 2.75) is 39.0 Å². The SMILES string of the molecule is Cc1nc2ccc(NC(=O)CCCCCCN)cc2o1.Cl.Cl. The molecule has 2 aromatic rings. The highest BCUT2D eigenvalue weighted by molar-refractivity contribution is 5.92. The molecule has 1 aromatic heterocycles. The summed E-state index contributed by atoms with van der Waals surface area (Å²) >= 11 is 0. The van der Waals surface area contributed by atoms with Gasteiger partial charge in [-0.05, 0) is 31.5 Å². The maximum absolute atomic E-state index is 11.8. The molecule has 22 heavy (non-hydrogen) atoms. The maximum Gasteiger partial charge on any atom is 0.224 e. The van der Waals surface area contributed by atoms with E-state index in [-0.39, 0.29) is 30.7 Å². The summed E-state index contributed by atoms with van der Waals surface area (Å²) < 4.78 is 5.44. The van der Waals surface area contributed by atoms with Crippen molar-refractivity contribution in [1.29, 1.82) is 0 Å². The number of nitrogens with zero attached hydrogens (tertiary/aromatic N) is 1. The number of aromatic nitrogens is 1. The van der Waals surface area contributed by atoms with Gasteiger partial charge in [0.15, 0.2) is 11.5 Å². The first-order valence-electron chi connectivity index (χ1n) is 7.06. The molecule has 7 heteroatoms. The molecule has 1 heterocycles. The lowest BCUT2D eigenvalue weighted by Crippen LogP contribution is -2.11. The number of benzene rings is 1. The monoisotopic (exact) mass is 347 g/mol. The van der Waals surface area contributed by atoms with E-state index >= 15 is 0 Å². The smallest absolute Gasteiger partial charge is 0.224 e.